The van der Waals surface area contributed by atoms with Gasteiger partial charge in [0.15, 0.2) is 0 Å². The molecule has 3 nitrogen and oxygen atoms in total. The summed E-state index contributed by atoms with van der Waals surface area (Å²) >= 11 is 4.97. The Kier molecular flexibility index (Phi) is 4.22. The van der Waals surface area contributed by atoms with Crippen LogP contribution >= 0.6 is 27.3 Å². The minimum absolute atomic E-state index is 0.130. The van der Waals surface area contributed by atoms with E-state index in [9.17, 15) is 4.79 Å². The first-order chi connectivity index (χ1) is 8.11. The Hall–Kier alpha value is -0.390. The Morgan fingerprint density at radius 2 is 2.47 bits per heavy atom. The molecular weight excluding hydrogens is 302 g/mol. The molecule has 17 heavy (non-hydrogen) atoms. The van der Waals surface area contributed by atoms with Gasteiger partial charge >= 0.3 is 0 Å². The molecule has 1 aliphatic rings. The number of hydrogen-bond donors (Lipinski definition) is 0. The maximum atomic E-state index is 12.3. The van der Waals surface area contributed by atoms with Crippen molar-refractivity contribution in [2.45, 2.75) is 26.4 Å². The fraction of sp³-hybridized carbons (Fsp3) is 0.583. The number of carbonyl (C=O) groups excluding carboxylic acids is 1. The van der Waals surface area contributed by atoms with E-state index in [-0.39, 0.29) is 12.0 Å². The summed E-state index contributed by atoms with van der Waals surface area (Å²) in [5.41, 5.74) is 1.12. The molecule has 5 heteroatoms. The summed E-state index contributed by atoms with van der Waals surface area (Å²) < 4.78 is 6.62. The van der Waals surface area contributed by atoms with E-state index in [1.807, 2.05) is 17.9 Å². The van der Waals surface area contributed by atoms with E-state index >= 15 is 0 Å². The Bertz CT molecular complexity index is 399. The predicted octanol–water partition coefficient (Wildman–Crippen LogP) is 3.07. The summed E-state index contributed by atoms with van der Waals surface area (Å²) in [6.07, 6.45) is 1.15. The molecule has 1 aromatic heterocycles. The van der Waals surface area contributed by atoms with Crippen molar-refractivity contribution in [3.63, 3.8) is 0 Å². The van der Waals surface area contributed by atoms with Crippen molar-refractivity contribution < 1.29 is 9.53 Å². The highest BCUT2D eigenvalue weighted by Gasteiger charge is 2.25. The first kappa shape index (κ1) is 13.1. The van der Waals surface area contributed by atoms with Crippen LogP contribution in [0.3, 0.4) is 0 Å². The van der Waals surface area contributed by atoms with Gasteiger partial charge in [0.2, 0.25) is 0 Å². The molecule has 1 aromatic rings. The lowest BCUT2D eigenvalue weighted by molar-refractivity contribution is -0.0224. The highest BCUT2D eigenvalue weighted by molar-refractivity contribution is 9.11. The van der Waals surface area contributed by atoms with E-state index in [0.717, 1.165) is 20.6 Å². The van der Waals surface area contributed by atoms with Crippen molar-refractivity contribution in [1.82, 2.24) is 4.90 Å². The monoisotopic (exact) mass is 317 g/mol. The van der Waals surface area contributed by atoms with E-state index in [1.54, 1.807) is 0 Å². The van der Waals surface area contributed by atoms with Crippen LogP contribution in [0.1, 0.15) is 28.6 Å². The Morgan fingerprint density at radius 3 is 3.06 bits per heavy atom. The van der Waals surface area contributed by atoms with Gasteiger partial charge in [-0.15, -0.1) is 11.3 Å². The third-order valence-corrected chi connectivity index (χ3v) is 5.07. The zero-order valence-electron chi connectivity index (χ0n) is 10.0. The third kappa shape index (κ3) is 2.89. The number of thiophene rings is 1. The van der Waals surface area contributed by atoms with Crippen molar-refractivity contribution in [1.29, 1.82) is 0 Å². The quantitative estimate of drug-likeness (QED) is 0.839. The summed E-state index contributed by atoms with van der Waals surface area (Å²) in [6, 6.07) is 1.95. The van der Waals surface area contributed by atoms with Gasteiger partial charge in [-0.05, 0) is 40.9 Å². The molecule has 1 atom stereocenters. The smallest absolute Gasteiger partial charge is 0.264 e. The van der Waals surface area contributed by atoms with E-state index in [2.05, 4.69) is 22.9 Å². The molecule has 0 aliphatic carbocycles. The molecule has 1 fully saturated rings. The summed E-state index contributed by atoms with van der Waals surface area (Å²) in [6.45, 7) is 6.15. The van der Waals surface area contributed by atoms with Crippen molar-refractivity contribution in [3.05, 3.63) is 20.3 Å². The van der Waals surface area contributed by atoms with Crippen LogP contribution in [0.15, 0.2) is 9.85 Å². The average molecular weight is 318 g/mol. The molecule has 1 aliphatic heterocycles. The second-order valence-corrected chi connectivity index (χ2v) is 6.59. The minimum atomic E-state index is 0.130. The minimum Gasteiger partial charge on any atom is -0.375 e. The molecule has 1 amide bonds. The number of hydrogen-bond acceptors (Lipinski definition) is 3. The van der Waals surface area contributed by atoms with Gasteiger partial charge in [0.05, 0.1) is 21.4 Å². The van der Waals surface area contributed by atoms with Crippen LogP contribution < -0.4 is 0 Å². The first-order valence-electron chi connectivity index (χ1n) is 5.78. The van der Waals surface area contributed by atoms with E-state index < -0.39 is 0 Å². The molecule has 0 N–H and O–H groups in total. The van der Waals surface area contributed by atoms with Gasteiger partial charge in [-0.3, -0.25) is 4.79 Å². The summed E-state index contributed by atoms with van der Waals surface area (Å²) in [5.74, 6) is 0.130. The number of ether oxygens (including phenoxy) is 1. The van der Waals surface area contributed by atoms with Crippen molar-refractivity contribution >= 4 is 33.2 Å². The summed E-state index contributed by atoms with van der Waals surface area (Å²) in [4.78, 5) is 15.0. The molecule has 94 valence electrons. The van der Waals surface area contributed by atoms with Crippen molar-refractivity contribution in [2.24, 2.45) is 0 Å². The second-order valence-electron chi connectivity index (χ2n) is 4.22. The Morgan fingerprint density at radius 1 is 1.71 bits per heavy atom. The lowest BCUT2D eigenvalue weighted by Gasteiger charge is -2.32. The van der Waals surface area contributed by atoms with Crippen LogP contribution in [0.5, 0.6) is 0 Å². The molecule has 2 rings (SSSR count). The predicted molar refractivity (Wildman–Crippen MR) is 72.7 cm³/mol. The van der Waals surface area contributed by atoms with Gasteiger partial charge in [-0.1, -0.05) is 6.92 Å². The fourth-order valence-electron chi connectivity index (χ4n) is 1.87. The summed E-state index contributed by atoms with van der Waals surface area (Å²) in [7, 11) is 0. The zero-order chi connectivity index (χ0) is 12.4. The van der Waals surface area contributed by atoms with Gasteiger partial charge in [0.1, 0.15) is 0 Å². The molecule has 0 bridgehead atoms. The largest absolute Gasteiger partial charge is 0.375 e. The zero-order valence-corrected chi connectivity index (χ0v) is 12.4. The Labute approximate surface area is 114 Å². The number of aryl methyl sites for hydroxylation is 1. The van der Waals surface area contributed by atoms with E-state index in [4.69, 9.17) is 4.74 Å². The molecule has 0 saturated carbocycles. The van der Waals surface area contributed by atoms with Crippen LogP contribution in [0.4, 0.5) is 0 Å². The number of nitrogens with zero attached hydrogens (tertiary/aromatic N) is 1. The van der Waals surface area contributed by atoms with Crippen LogP contribution in [0.2, 0.25) is 0 Å². The first-order valence-corrected chi connectivity index (χ1v) is 7.39. The normalized spacial score (nSPS) is 20.6. The maximum Gasteiger partial charge on any atom is 0.264 e. The number of amides is 1. The Balaban J connectivity index is 2.09. The van der Waals surface area contributed by atoms with Gasteiger partial charge in [0.25, 0.3) is 5.91 Å². The molecule has 1 unspecified atom stereocenters. The van der Waals surface area contributed by atoms with Crippen LogP contribution in [-0.4, -0.2) is 36.6 Å². The highest BCUT2D eigenvalue weighted by Crippen LogP contribution is 2.28. The van der Waals surface area contributed by atoms with Crippen LogP contribution in [0, 0.1) is 6.92 Å². The molecule has 0 radical (unpaired) electrons. The topological polar surface area (TPSA) is 29.5 Å². The van der Waals surface area contributed by atoms with Crippen molar-refractivity contribution in [3.8, 4) is 0 Å². The van der Waals surface area contributed by atoms with Crippen LogP contribution in [-0.2, 0) is 4.74 Å². The number of carbonyl (C=O) groups is 1. The molecule has 0 spiro atoms. The molecule has 2 heterocycles. The maximum absolute atomic E-state index is 12.3. The van der Waals surface area contributed by atoms with E-state index in [0.29, 0.717) is 19.7 Å². The summed E-state index contributed by atoms with van der Waals surface area (Å²) in [5, 5.41) is 0. The highest BCUT2D eigenvalue weighted by atomic mass is 79.9. The van der Waals surface area contributed by atoms with Gasteiger partial charge < -0.3 is 9.64 Å². The third-order valence-electron chi connectivity index (χ3n) is 2.95. The van der Waals surface area contributed by atoms with Gasteiger partial charge in [-0.25, -0.2) is 0 Å². The number of morpholine rings is 1. The fourth-order valence-corrected chi connectivity index (χ4v) is 3.37. The lowest BCUT2D eigenvalue weighted by Crippen LogP contribution is -2.45. The second kappa shape index (κ2) is 5.50. The molecular formula is C12H16BrNO2S. The lowest BCUT2D eigenvalue weighted by atomic mass is 10.2. The SMILES string of the molecule is CCC1CN(C(=O)c2cc(C)c(Br)s2)CCO1. The van der Waals surface area contributed by atoms with Gasteiger partial charge in [-0.2, -0.15) is 0 Å². The van der Waals surface area contributed by atoms with Crippen molar-refractivity contribution in [2.75, 3.05) is 19.7 Å². The standard InChI is InChI=1S/C12H16BrNO2S/c1-3-9-7-14(4-5-16-9)12(15)10-6-8(2)11(13)17-10/h6,9H,3-5,7H2,1-2H3. The van der Waals surface area contributed by atoms with E-state index in [1.165, 1.54) is 11.3 Å². The molecule has 0 aromatic carbocycles. The average Bonchev–Trinajstić information content (AvgIpc) is 2.69. The molecule has 1 saturated heterocycles. The van der Waals surface area contributed by atoms with Gasteiger partial charge in [0, 0.05) is 13.1 Å². The number of rotatable bonds is 2. The van der Waals surface area contributed by atoms with Crippen LogP contribution in [0.25, 0.3) is 0 Å². The number of halogens is 1.